The number of pyridine rings is 1. The molecule has 1 aliphatic rings. The summed E-state index contributed by atoms with van der Waals surface area (Å²) in [5.74, 6) is -0.650. The van der Waals surface area contributed by atoms with Crippen LogP contribution in [0.1, 0.15) is 28.8 Å². The van der Waals surface area contributed by atoms with E-state index in [4.69, 9.17) is 0 Å². The van der Waals surface area contributed by atoms with Gasteiger partial charge in [0.2, 0.25) is 5.91 Å². The highest BCUT2D eigenvalue weighted by Gasteiger charge is 2.31. The lowest BCUT2D eigenvalue weighted by atomic mass is 9.95. The predicted octanol–water partition coefficient (Wildman–Crippen LogP) is 2.79. The van der Waals surface area contributed by atoms with E-state index in [1.807, 2.05) is 0 Å². The zero-order valence-electron chi connectivity index (χ0n) is 14.9. The number of nitro groups is 1. The van der Waals surface area contributed by atoms with Crippen molar-refractivity contribution >= 4 is 23.2 Å². The van der Waals surface area contributed by atoms with Crippen molar-refractivity contribution in [1.29, 1.82) is 0 Å². The van der Waals surface area contributed by atoms with Gasteiger partial charge in [0.1, 0.15) is 5.56 Å². The summed E-state index contributed by atoms with van der Waals surface area (Å²) < 4.78 is 0. The van der Waals surface area contributed by atoms with Crippen molar-refractivity contribution in [2.75, 3.05) is 18.4 Å². The lowest BCUT2D eigenvalue weighted by Crippen LogP contribution is -2.41. The molecule has 1 fully saturated rings. The van der Waals surface area contributed by atoms with Crippen LogP contribution in [-0.2, 0) is 4.79 Å². The monoisotopic (exact) mass is 368 g/mol. The molecule has 1 aromatic heterocycles. The van der Waals surface area contributed by atoms with Crippen LogP contribution in [0.2, 0.25) is 0 Å². The molecule has 1 N–H and O–H groups in total. The van der Waals surface area contributed by atoms with Gasteiger partial charge in [-0.15, -0.1) is 0 Å². The molecule has 0 spiro atoms. The van der Waals surface area contributed by atoms with Crippen LogP contribution in [0.25, 0.3) is 0 Å². The Balaban J connectivity index is 1.64. The van der Waals surface area contributed by atoms with E-state index in [1.165, 1.54) is 6.07 Å². The van der Waals surface area contributed by atoms with Gasteiger partial charge in [0.15, 0.2) is 0 Å². The number of likely N-dealkylation sites (tertiary alicyclic amines) is 1. The van der Waals surface area contributed by atoms with E-state index in [9.17, 15) is 19.7 Å². The van der Waals surface area contributed by atoms with Crippen LogP contribution in [0.5, 0.6) is 0 Å². The van der Waals surface area contributed by atoms with E-state index < -0.39 is 4.92 Å². The molecule has 140 valence electrons. The molecule has 1 saturated heterocycles. The number of carbonyl (C=O) groups is 2. The van der Waals surface area contributed by atoms with E-state index in [0.29, 0.717) is 37.2 Å². The van der Waals surface area contributed by atoms with E-state index >= 15 is 0 Å². The van der Waals surface area contributed by atoms with Gasteiger partial charge in [-0.2, -0.15) is 0 Å². The Morgan fingerprint density at radius 1 is 1.19 bits per heavy atom. The van der Waals surface area contributed by atoms with Crippen LogP contribution in [0, 0.1) is 23.0 Å². The van der Waals surface area contributed by atoms with Gasteiger partial charge in [-0.25, -0.2) is 0 Å². The van der Waals surface area contributed by atoms with Crippen molar-refractivity contribution in [2.24, 2.45) is 5.92 Å². The summed E-state index contributed by atoms with van der Waals surface area (Å²) in [5.41, 5.74) is 1.08. The fourth-order valence-electron chi connectivity index (χ4n) is 3.27. The van der Waals surface area contributed by atoms with Crippen LogP contribution in [0.3, 0.4) is 0 Å². The Kier molecular flexibility index (Phi) is 5.44. The van der Waals surface area contributed by atoms with Crippen LogP contribution in [0.4, 0.5) is 11.4 Å². The summed E-state index contributed by atoms with van der Waals surface area (Å²) >= 11 is 0. The van der Waals surface area contributed by atoms with Crippen LogP contribution < -0.4 is 5.32 Å². The number of benzene rings is 1. The minimum atomic E-state index is -0.516. The lowest BCUT2D eigenvalue weighted by Gasteiger charge is -2.31. The van der Waals surface area contributed by atoms with Crippen molar-refractivity contribution in [1.82, 2.24) is 9.88 Å². The Morgan fingerprint density at radius 2 is 1.85 bits per heavy atom. The first-order chi connectivity index (χ1) is 13.0. The van der Waals surface area contributed by atoms with Crippen molar-refractivity contribution in [3.8, 4) is 0 Å². The quantitative estimate of drug-likeness (QED) is 0.660. The second kappa shape index (κ2) is 7.94. The average molecular weight is 368 g/mol. The number of aryl methyl sites for hydroxylation is 1. The van der Waals surface area contributed by atoms with E-state index in [1.54, 1.807) is 48.5 Å². The van der Waals surface area contributed by atoms with Gasteiger partial charge in [0.25, 0.3) is 11.6 Å². The van der Waals surface area contributed by atoms with Gasteiger partial charge in [0.05, 0.1) is 4.92 Å². The van der Waals surface area contributed by atoms with Crippen LogP contribution in [0.15, 0.2) is 42.7 Å². The molecule has 2 aromatic rings. The number of hydrogen-bond donors (Lipinski definition) is 1. The summed E-state index contributed by atoms with van der Waals surface area (Å²) in [7, 11) is 0. The van der Waals surface area contributed by atoms with E-state index in [-0.39, 0.29) is 29.0 Å². The van der Waals surface area contributed by atoms with Gasteiger partial charge in [0, 0.05) is 42.7 Å². The zero-order valence-corrected chi connectivity index (χ0v) is 14.9. The third-order valence-electron chi connectivity index (χ3n) is 4.75. The molecule has 8 heteroatoms. The maximum absolute atomic E-state index is 12.8. The van der Waals surface area contributed by atoms with Gasteiger partial charge >= 0.3 is 0 Å². The van der Waals surface area contributed by atoms with Crippen molar-refractivity contribution in [3.63, 3.8) is 0 Å². The van der Waals surface area contributed by atoms with Crippen molar-refractivity contribution in [2.45, 2.75) is 19.8 Å². The Morgan fingerprint density at radius 3 is 2.48 bits per heavy atom. The van der Waals surface area contributed by atoms with E-state index in [0.717, 1.165) is 0 Å². The highest BCUT2D eigenvalue weighted by Crippen LogP contribution is 2.27. The standard InChI is InChI=1S/C19H20N4O4/c1-13-3-2-4-16(17(13)23(26)27)19(25)22-11-7-14(8-12-22)18(24)21-15-5-9-20-10-6-15/h2-6,9-10,14H,7-8,11-12H2,1H3,(H,20,21,24). The molecule has 1 aliphatic heterocycles. The van der Waals surface area contributed by atoms with Gasteiger partial charge in [-0.1, -0.05) is 12.1 Å². The molecule has 0 radical (unpaired) electrons. The average Bonchev–Trinajstić information content (AvgIpc) is 2.68. The molecule has 0 bridgehead atoms. The first-order valence-corrected chi connectivity index (χ1v) is 8.71. The first-order valence-electron chi connectivity index (χ1n) is 8.71. The van der Waals surface area contributed by atoms with E-state index in [2.05, 4.69) is 10.3 Å². The first kappa shape index (κ1) is 18.5. The molecular weight excluding hydrogens is 348 g/mol. The SMILES string of the molecule is Cc1cccc(C(=O)N2CCC(C(=O)Nc3ccncc3)CC2)c1[N+](=O)[O-]. The number of nitrogens with zero attached hydrogens (tertiary/aromatic N) is 3. The fraction of sp³-hybridized carbons (Fsp3) is 0.316. The number of carbonyl (C=O) groups excluding carboxylic acids is 2. The summed E-state index contributed by atoms with van der Waals surface area (Å²) in [6.07, 6.45) is 4.24. The van der Waals surface area contributed by atoms with Gasteiger partial charge in [-0.3, -0.25) is 24.7 Å². The maximum atomic E-state index is 12.8. The molecule has 27 heavy (non-hydrogen) atoms. The number of nitro benzene ring substituents is 1. The summed E-state index contributed by atoms with van der Waals surface area (Å²) in [6, 6.07) is 8.17. The minimum absolute atomic E-state index is 0.0881. The molecule has 1 aromatic carbocycles. The predicted molar refractivity (Wildman–Crippen MR) is 99.3 cm³/mol. The largest absolute Gasteiger partial charge is 0.338 e. The third kappa shape index (κ3) is 4.11. The number of hydrogen-bond acceptors (Lipinski definition) is 5. The minimum Gasteiger partial charge on any atom is -0.338 e. The van der Waals surface area contributed by atoms with Gasteiger partial charge < -0.3 is 10.2 Å². The molecule has 3 rings (SSSR count). The summed E-state index contributed by atoms with van der Waals surface area (Å²) in [4.78, 5) is 41.4. The molecular formula is C19H20N4O4. The molecule has 0 unspecified atom stereocenters. The van der Waals surface area contributed by atoms with Crippen LogP contribution >= 0.6 is 0 Å². The Hall–Kier alpha value is -3.29. The third-order valence-corrected chi connectivity index (χ3v) is 4.75. The zero-order chi connectivity index (χ0) is 19.4. The molecule has 2 heterocycles. The molecule has 8 nitrogen and oxygen atoms in total. The Bertz CT molecular complexity index is 861. The van der Waals surface area contributed by atoms with Gasteiger partial charge in [-0.05, 0) is 38.0 Å². The summed E-state index contributed by atoms with van der Waals surface area (Å²) in [6.45, 7) is 2.39. The number of nitrogens with one attached hydrogen (secondary N) is 1. The number of para-hydroxylation sites is 1. The fourth-order valence-corrected chi connectivity index (χ4v) is 3.27. The van der Waals surface area contributed by atoms with Crippen molar-refractivity contribution < 1.29 is 14.5 Å². The maximum Gasteiger partial charge on any atom is 0.285 e. The smallest absolute Gasteiger partial charge is 0.285 e. The number of piperidine rings is 1. The number of rotatable bonds is 4. The second-order valence-corrected chi connectivity index (χ2v) is 6.52. The number of aromatic nitrogens is 1. The highest BCUT2D eigenvalue weighted by molar-refractivity contribution is 5.99. The molecule has 0 atom stereocenters. The highest BCUT2D eigenvalue weighted by atomic mass is 16.6. The lowest BCUT2D eigenvalue weighted by molar-refractivity contribution is -0.385. The molecule has 0 saturated carbocycles. The van der Waals surface area contributed by atoms with Crippen molar-refractivity contribution in [3.05, 3.63) is 64.0 Å². The Labute approximate surface area is 156 Å². The molecule has 0 aliphatic carbocycles. The second-order valence-electron chi connectivity index (χ2n) is 6.52. The number of amides is 2. The van der Waals surface area contributed by atoms with Crippen LogP contribution in [-0.4, -0.2) is 39.7 Å². The normalized spacial score (nSPS) is 14.6. The summed E-state index contributed by atoms with van der Waals surface area (Å²) in [5, 5.41) is 14.2. The molecule has 2 amide bonds. The number of anilines is 1. The topological polar surface area (TPSA) is 105 Å².